The normalized spacial score (nSPS) is 14.7. The number of nitrogens with two attached hydrogens (primary N) is 1. The Morgan fingerprint density at radius 2 is 1.94 bits per heavy atom. The number of ether oxygens (including phenoxy) is 2. The van der Waals surface area contributed by atoms with E-state index in [-0.39, 0.29) is 5.91 Å². The Hall–Kier alpha value is -4.55. The molecule has 2 aliphatic heterocycles. The van der Waals surface area contributed by atoms with Gasteiger partial charge in [-0.1, -0.05) is 30.4 Å². The zero-order chi connectivity index (χ0) is 33.1. The van der Waals surface area contributed by atoms with Crippen molar-refractivity contribution >= 4 is 52.8 Å². The lowest BCUT2D eigenvalue weighted by atomic mass is 9.90. The van der Waals surface area contributed by atoms with Gasteiger partial charge < -0.3 is 43.1 Å². The molecule has 12 heteroatoms. The molecule has 0 unspecified atom stereocenters. The van der Waals surface area contributed by atoms with E-state index in [9.17, 15) is 4.79 Å². The number of thiocarbonyl (C=S) groups is 1. The van der Waals surface area contributed by atoms with E-state index in [2.05, 4.69) is 10.3 Å². The molecule has 0 aliphatic carbocycles. The fourth-order valence-electron chi connectivity index (χ4n) is 6.49. The average Bonchev–Trinajstić information content (AvgIpc) is 3.77. The maximum absolute atomic E-state index is 15.6. The number of benzene rings is 2. The molecule has 0 spiro atoms. The van der Waals surface area contributed by atoms with Crippen LogP contribution in [-0.2, 0) is 9.53 Å². The molecule has 244 valence electrons. The zero-order valence-corrected chi connectivity index (χ0v) is 27.3. The molecule has 0 saturated heterocycles. The van der Waals surface area contributed by atoms with Gasteiger partial charge in [0.15, 0.2) is 5.70 Å². The summed E-state index contributed by atoms with van der Waals surface area (Å²) in [5.74, 6) is 0.639. The highest BCUT2D eigenvalue weighted by Crippen LogP contribution is 2.36. The van der Waals surface area contributed by atoms with Gasteiger partial charge in [0.05, 0.1) is 18.7 Å². The molecule has 6 rings (SSSR count). The Morgan fingerprint density at radius 1 is 1.09 bits per heavy atom. The third-order valence-corrected chi connectivity index (χ3v) is 8.93. The second-order valence-electron chi connectivity index (χ2n) is 11.9. The third kappa shape index (κ3) is 6.66. The van der Waals surface area contributed by atoms with Gasteiger partial charge >= 0.3 is 6.97 Å². The molecule has 0 radical (unpaired) electrons. The number of aromatic nitrogens is 2. The molecule has 0 fully saturated rings. The zero-order valence-electron chi connectivity index (χ0n) is 26.5. The van der Waals surface area contributed by atoms with Gasteiger partial charge in [-0.3, -0.25) is 4.79 Å². The predicted molar refractivity (Wildman–Crippen MR) is 187 cm³/mol. The van der Waals surface area contributed by atoms with Gasteiger partial charge in [-0.25, -0.2) is 0 Å². The standard InChI is InChI=1S/C35H38BF2N5O3S/c1-23-20-24(2)42-31(23)22-28-11-10-27(43(28)36(42,37)38)8-3-4-9-33(44)40-16-17-45-18-19-46-32-13-12-29(30-14-15-41-34(30)32)25-6-5-7-26(21-25)35(39)47/h5-7,10-15,20-22,41H,3-4,8-9,16-19H2,1-2H3,(H2,39,47)(H,40,44). The molecule has 1 amide bonds. The summed E-state index contributed by atoms with van der Waals surface area (Å²) in [5, 5.41) is 3.89. The van der Waals surface area contributed by atoms with Crippen LogP contribution in [-0.4, -0.2) is 63.9 Å². The van der Waals surface area contributed by atoms with E-state index in [0.29, 0.717) is 79.8 Å². The number of nitrogens with one attached hydrogen (secondary N) is 2. The molecule has 4 N–H and O–H groups in total. The van der Waals surface area contributed by atoms with Crippen LogP contribution < -0.4 is 15.8 Å². The van der Waals surface area contributed by atoms with Gasteiger partial charge in [0, 0.05) is 60.5 Å². The lowest BCUT2D eigenvalue weighted by Gasteiger charge is -2.30. The number of hydrogen-bond donors (Lipinski definition) is 3. The summed E-state index contributed by atoms with van der Waals surface area (Å²) >= 11 is 5.14. The van der Waals surface area contributed by atoms with Crippen LogP contribution in [0.25, 0.3) is 28.1 Å². The first-order chi connectivity index (χ1) is 22.6. The number of fused-ring (bicyclic) bond motifs is 3. The van der Waals surface area contributed by atoms with Crippen molar-refractivity contribution in [2.24, 2.45) is 5.73 Å². The van der Waals surface area contributed by atoms with Crippen LogP contribution in [0.2, 0.25) is 0 Å². The molecule has 2 aromatic heterocycles. The quantitative estimate of drug-likeness (QED) is 0.0846. The molecule has 2 aromatic carbocycles. The molecule has 0 atom stereocenters. The minimum Gasteiger partial charge on any atom is -0.489 e. The number of hydrogen-bond acceptors (Lipinski definition) is 4. The highest BCUT2D eigenvalue weighted by molar-refractivity contribution is 7.80. The van der Waals surface area contributed by atoms with Crippen LogP contribution in [0.15, 0.2) is 72.6 Å². The first kappa shape index (κ1) is 32.4. The number of amides is 1. The first-order valence-corrected chi connectivity index (χ1v) is 16.3. The third-order valence-electron chi connectivity index (χ3n) is 8.69. The van der Waals surface area contributed by atoms with E-state index >= 15 is 8.63 Å². The fourth-order valence-corrected chi connectivity index (χ4v) is 6.62. The predicted octanol–water partition coefficient (Wildman–Crippen LogP) is 6.26. The van der Waals surface area contributed by atoms with Gasteiger partial charge in [-0.05, 0) is 79.4 Å². The SMILES string of the molecule is Cc1cc(C)n2c1C=C1C=CC(CCCCC(=O)NCCOCCOc3ccc(-c4cccc(C(N)=S)c4)c4cc[nH]c34)=[N+]1[B-]2(F)F. The largest absolute Gasteiger partial charge is 0.737 e. The lowest BCUT2D eigenvalue weighted by Crippen LogP contribution is -2.50. The van der Waals surface area contributed by atoms with Crippen molar-refractivity contribution in [1.82, 2.24) is 14.8 Å². The summed E-state index contributed by atoms with van der Waals surface area (Å²) in [6, 6.07) is 15.6. The first-order valence-electron chi connectivity index (χ1n) is 15.9. The Bertz CT molecular complexity index is 1940. The lowest BCUT2D eigenvalue weighted by molar-refractivity contribution is -0.362. The Labute approximate surface area is 278 Å². The smallest absolute Gasteiger partial charge is 0.489 e. The summed E-state index contributed by atoms with van der Waals surface area (Å²) in [5.41, 5.74) is 12.7. The Balaban J connectivity index is 0.897. The van der Waals surface area contributed by atoms with Crippen LogP contribution in [0.1, 0.15) is 48.2 Å². The van der Waals surface area contributed by atoms with Crippen LogP contribution in [0, 0.1) is 13.8 Å². The number of aromatic amines is 1. The molecule has 4 heterocycles. The molecule has 47 heavy (non-hydrogen) atoms. The molecule has 0 bridgehead atoms. The average molecular weight is 658 g/mol. The number of allylic oxidation sites excluding steroid dienone is 2. The van der Waals surface area contributed by atoms with E-state index in [4.69, 9.17) is 27.4 Å². The summed E-state index contributed by atoms with van der Waals surface area (Å²) in [6.45, 7) is 1.07. The number of rotatable bonds is 14. The van der Waals surface area contributed by atoms with Crippen LogP contribution in [0.3, 0.4) is 0 Å². The number of carbonyl (C=O) groups excluding carboxylic acids is 1. The highest BCUT2D eigenvalue weighted by Gasteiger charge is 2.52. The molecule has 2 aliphatic rings. The van der Waals surface area contributed by atoms with E-state index in [1.807, 2.05) is 61.7 Å². The summed E-state index contributed by atoms with van der Waals surface area (Å²) in [7, 11) is 0. The molecular formula is C35H38BF2N5O3S. The van der Waals surface area contributed by atoms with E-state index in [1.54, 1.807) is 25.1 Å². The number of halogens is 2. The van der Waals surface area contributed by atoms with Crippen molar-refractivity contribution in [3.8, 4) is 16.9 Å². The summed E-state index contributed by atoms with van der Waals surface area (Å²) < 4.78 is 45.1. The van der Waals surface area contributed by atoms with E-state index in [0.717, 1.165) is 43.4 Å². The van der Waals surface area contributed by atoms with Crippen LogP contribution in [0.5, 0.6) is 5.75 Å². The second-order valence-corrected chi connectivity index (χ2v) is 12.4. The Morgan fingerprint density at radius 3 is 2.77 bits per heavy atom. The monoisotopic (exact) mass is 657 g/mol. The molecule has 4 aromatic rings. The van der Waals surface area contributed by atoms with Crippen molar-refractivity contribution < 1.29 is 27.4 Å². The minimum absolute atomic E-state index is 0.0824. The van der Waals surface area contributed by atoms with E-state index in [1.165, 1.54) is 4.49 Å². The summed E-state index contributed by atoms with van der Waals surface area (Å²) in [4.78, 5) is 16.0. The number of carbonyl (C=O) groups is 1. The van der Waals surface area contributed by atoms with Crippen molar-refractivity contribution in [2.45, 2.75) is 39.5 Å². The highest BCUT2D eigenvalue weighted by atomic mass is 32.1. The van der Waals surface area contributed by atoms with Crippen molar-refractivity contribution in [3.63, 3.8) is 0 Å². The van der Waals surface area contributed by atoms with Gasteiger partial charge in [0.1, 0.15) is 23.1 Å². The fraction of sp³-hybridized carbons (Fsp3) is 0.286. The van der Waals surface area contributed by atoms with Crippen LogP contribution in [0.4, 0.5) is 8.63 Å². The van der Waals surface area contributed by atoms with Gasteiger partial charge in [-0.15, -0.1) is 0 Å². The van der Waals surface area contributed by atoms with Crippen molar-refractivity contribution in [3.05, 3.63) is 95.1 Å². The second kappa shape index (κ2) is 13.7. The number of H-pyrrole nitrogens is 1. The topological polar surface area (TPSA) is 97.3 Å². The molecule has 0 saturated carbocycles. The summed E-state index contributed by atoms with van der Waals surface area (Å²) in [6.07, 6.45) is 9.28. The van der Waals surface area contributed by atoms with Gasteiger partial charge in [0.25, 0.3) is 0 Å². The van der Waals surface area contributed by atoms with Gasteiger partial charge in [0.2, 0.25) is 5.91 Å². The van der Waals surface area contributed by atoms with Crippen molar-refractivity contribution in [1.29, 1.82) is 0 Å². The number of nitrogens with zero attached hydrogens (tertiary/aromatic N) is 2. The molecule has 8 nitrogen and oxygen atoms in total. The van der Waals surface area contributed by atoms with Crippen LogP contribution >= 0.6 is 12.2 Å². The number of unbranched alkanes of at least 4 members (excludes halogenated alkanes) is 1. The maximum atomic E-state index is 15.6. The van der Waals surface area contributed by atoms with Gasteiger partial charge in [-0.2, -0.15) is 0 Å². The molecular weight excluding hydrogens is 619 g/mol. The van der Waals surface area contributed by atoms with E-state index < -0.39 is 6.97 Å². The van der Waals surface area contributed by atoms with Crippen molar-refractivity contribution in [2.75, 3.05) is 26.4 Å². The Kier molecular flexibility index (Phi) is 9.42. The minimum atomic E-state index is -3.96. The maximum Gasteiger partial charge on any atom is 0.737 e. The number of aryl methyl sites for hydroxylation is 2.